The lowest BCUT2D eigenvalue weighted by Crippen LogP contribution is -2.06. The molecular formula is C66H22F20N8O4. The topological polar surface area (TPSA) is 169 Å². The molecule has 0 saturated heterocycles. The fourth-order valence-electron chi connectivity index (χ4n) is 11.2. The second-order valence-electron chi connectivity index (χ2n) is 21.1. The Morgan fingerprint density at radius 3 is 0.612 bits per heavy atom. The predicted molar refractivity (Wildman–Crippen MR) is 313 cm³/mol. The van der Waals surface area contributed by atoms with Gasteiger partial charge in [0, 0.05) is 79.7 Å². The number of nitrogens with one attached hydrogen (secondary N) is 2. The average molecular weight is 1370 g/mol. The fourth-order valence-corrected chi connectivity index (χ4v) is 11.2. The molecule has 490 valence electrons. The Labute approximate surface area is 529 Å². The lowest BCUT2D eigenvalue weighted by Gasteiger charge is -2.11. The standard InChI is InChI=1S/C66H22F20N8O4/c67-47-43(48(68)56(76)63(83)55(47)75)39-29-13-9-25(87-29)37(21-1-5-23(6-2-21)93(95)96)26-10-14-30(88-26)40(44-49(69)57(77)64(84)58(78)50(44)70)34-18-20-36(92-34)42(46-53(73)61(81)66(86)62(82)54(46)74)32-16-12-28(90-32)38(22-3-7-24(8-4-22)94(97)98)27-11-15-31(89-27)41(35-19-17-33(39)91-35)45-51(71)59(79)65(85)60(80)52(45)72/h1-20,87,90H. The molecule has 12 bridgehead atoms. The highest BCUT2D eigenvalue weighted by Crippen LogP contribution is 2.46. The summed E-state index contributed by atoms with van der Waals surface area (Å²) in [5, 5.41) is 23.8. The monoisotopic (exact) mass is 1370 g/mol. The average Bonchev–Trinajstić information content (AvgIpc) is 1.47. The maximum Gasteiger partial charge on any atom is 0.269 e. The molecule has 98 heavy (non-hydrogen) atoms. The van der Waals surface area contributed by atoms with E-state index in [1.807, 2.05) is 0 Å². The van der Waals surface area contributed by atoms with E-state index in [1.54, 1.807) is 0 Å². The summed E-state index contributed by atoms with van der Waals surface area (Å²) in [6.07, 6.45) is 6.28. The summed E-state index contributed by atoms with van der Waals surface area (Å²) in [6, 6.07) is 11.3. The number of nitro benzene ring substituents is 2. The molecule has 4 aliphatic rings. The van der Waals surface area contributed by atoms with Crippen LogP contribution in [0.3, 0.4) is 0 Å². The van der Waals surface area contributed by atoms with Gasteiger partial charge in [-0.25, -0.2) is 108 Å². The normalized spacial score (nSPS) is 12.3. The maximum atomic E-state index is 16.5. The van der Waals surface area contributed by atoms with Crippen molar-refractivity contribution in [3.8, 4) is 66.8 Å². The largest absolute Gasteiger partial charge is 0.354 e. The Bertz CT molecular complexity index is 5190. The first kappa shape index (κ1) is 64.3. The van der Waals surface area contributed by atoms with Crippen LogP contribution in [0.2, 0.25) is 0 Å². The van der Waals surface area contributed by atoms with E-state index in [1.165, 1.54) is 0 Å². The van der Waals surface area contributed by atoms with Crippen molar-refractivity contribution in [2.75, 3.05) is 0 Å². The highest BCUT2D eigenvalue weighted by Gasteiger charge is 2.36. The maximum absolute atomic E-state index is 16.5. The first-order valence-corrected chi connectivity index (χ1v) is 27.4. The van der Waals surface area contributed by atoms with E-state index >= 15 is 70.2 Å². The van der Waals surface area contributed by atoms with Crippen LogP contribution in [0.5, 0.6) is 0 Å². The molecule has 0 radical (unpaired) electrons. The molecule has 0 atom stereocenters. The van der Waals surface area contributed by atoms with Gasteiger partial charge in [-0.15, -0.1) is 0 Å². The zero-order valence-electron chi connectivity index (χ0n) is 47.4. The van der Waals surface area contributed by atoms with Gasteiger partial charge in [-0.3, -0.25) is 20.2 Å². The summed E-state index contributed by atoms with van der Waals surface area (Å²) < 4.78 is 316. The molecule has 12 nitrogen and oxygen atoms in total. The molecule has 13 rings (SSSR count). The van der Waals surface area contributed by atoms with E-state index in [2.05, 4.69) is 29.9 Å². The van der Waals surface area contributed by atoms with Gasteiger partial charge in [-0.1, -0.05) is 0 Å². The van der Waals surface area contributed by atoms with Crippen molar-refractivity contribution in [1.29, 1.82) is 0 Å². The van der Waals surface area contributed by atoms with E-state index in [0.29, 0.717) is 24.3 Å². The number of nitro groups is 2. The molecule has 0 spiro atoms. The highest BCUT2D eigenvalue weighted by molar-refractivity contribution is 6.01. The number of halogens is 20. The van der Waals surface area contributed by atoms with Gasteiger partial charge in [-0.05, 0) is 108 Å². The van der Waals surface area contributed by atoms with Crippen LogP contribution in [0.15, 0.2) is 72.8 Å². The summed E-state index contributed by atoms with van der Waals surface area (Å²) in [5.74, 6) is -52.3. The van der Waals surface area contributed by atoms with Gasteiger partial charge in [0.25, 0.3) is 11.4 Å². The van der Waals surface area contributed by atoms with Crippen molar-refractivity contribution < 1.29 is 97.7 Å². The lowest BCUT2D eigenvalue weighted by molar-refractivity contribution is -0.385. The number of non-ortho nitro benzene ring substituents is 2. The van der Waals surface area contributed by atoms with Crippen molar-refractivity contribution in [2.24, 2.45) is 0 Å². The van der Waals surface area contributed by atoms with Gasteiger partial charge in [0.1, 0.15) is 0 Å². The zero-order chi connectivity index (χ0) is 70.1. The molecule has 4 aliphatic heterocycles. The SMILES string of the molecule is O=[N+]([O-])c1ccc(-c2c3nc(c(-c4c(F)c(F)c(F)c(F)c4F)c4nc(c(-c5c(F)c(F)c(F)c(F)c5F)c5ccc([nH]5)c(-c5ccc([N+](=O)[O-])cc5)c5nc(c(-c6c(F)c(F)c(F)c(F)c6F)c6nc(c(-c7c(F)c(F)c(F)c(F)c7F)c7ccc2[nH]7)C=C6)C=C5)C=C4)C=C3)cc1. The Morgan fingerprint density at radius 2 is 0.398 bits per heavy atom. The molecular weight excluding hydrogens is 1350 g/mol. The molecule has 9 aromatic rings. The first-order chi connectivity index (χ1) is 46.6. The molecule has 32 heteroatoms. The van der Waals surface area contributed by atoms with Crippen molar-refractivity contribution in [1.82, 2.24) is 29.9 Å². The number of H-pyrrole nitrogens is 2. The van der Waals surface area contributed by atoms with Gasteiger partial charge in [-0.2, -0.15) is 0 Å². The van der Waals surface area contributed by atoms with E-state index in [-0.39, 0.29) is 11.1 Å². The molecule has 6 aromatic carbocycles. The minimum atomic E-state index is -2.71. The molecule has 0 fully saturated rings. The van der Waals surface area contributed by atoms with Crippen LogP contribution in [-0.2, 0) is 0 Å². The van der Waals surface area contributed by atoms with Crippen LogP contribution in [0.1, 0.15) is 45.6 Å². The van der Waals surface area contributed by atoms with Crippen molar-refractivity contribution >= 4 is 82.0 Å². The van der Waals surface area contributed by atoms with Crippen LogP contribution in [0, 0.1) is 137 Å². The zero-order valence-corrected chi connectivity index (χ0v) is 47.4. The quantitative estimate of drug-likeness (QED) is 0.0498. The van der Waals surface area contributed by atoms with Crippen molar-refractivity contribution in [3.05, 3.63) is 255 Å². The molecule has 0 saturated carbocycles. The Balaban J connectivity index is 1.30. The summed E-state index contributed by atoms with van der Waals surface area (Å²) >= 11 is 0. The van der Waals surface area contributed by atoms with E-state index < -0.39 is 261 Å². The minimum absolute atomic E-state index is 0.210. The van der Waals surface area contributed by atoms with E-state index in [9.17, 15) is 37.8 Å². The summed E-state index contributed by atoms with van der Waals surface area (Å²) in [5.41, 5.74) is -23.7. The van der Waals surface area contributed by atoms with Gasteiger partial charge in [0.05, 0.1) is 77.7 Å². The van der Waals surface area contributed by atoms with Gasteiger partial charge < -0.3 is 9.97 Å². The number of aromatic nitrogens is 6. The fraction of sp³-hybridized carbons (Fsp3) is 0. The summed E-state index contributed by atoms with van der Waals surface area (Å²) in [4.78, 5) is 44.5. The van der Waals surface area contributed by atoms with Gasteiger partial charge in [0.2, 0.25) is 23.3 Å². The predicted octanol–water partition coefficient (Wildman–Crippen LogP) is 19.3. The number of aromatic amines is 2. The third-order valence-electron chi connectivity index (χ3n) is 15.6. The number of hydrogen-bond acceptors (Lipinski definition) is 8. The number of nitrogens with zero attached hydrogens (tertiary/aromatic N) is 6. The second kappa shape index (κ2) is 23.8. The number of fused-ring (bicyclic) bond motifs is 12. The van der Waals surface area contributed by atoms with Gasteiger partial charge >= 0.3 is 0 Å². The molecule has 0 unspecified atom stereocenters. The molecule has 2 N–H and O–H groups in total. The van der Waals surface area contributed by atoms with Crippen LogP contribution in [0.25, 0.3) is 137 Å². The van der Waals surface area contributed by atoms with Gasteiger partial charge in [0.15, 0.2) is 93.1 Å². The Kier molecular flexibility index (Phi) is 15.6. The third kappa shape index (κ3) is 10.1. The summed E-state index contributed by atoms with van der Waals surface area (Å²) in [7, 11) is 0. The molecule has 0 amide bonds. The van der Waals surface area contributed by atoms with Crippen LogP contribution in [-0.4, -0.2) is 39.8 Å². The van der Waals surface area contributed by atoms with Crippen LogP contribution >= 0.6 is 0 Å². The smallest absolute Gasteiger partial charge is 0.269 e. The molecule has 7 heterocycles. The second-order valence-corrected chi connectivity index (χ2v) is 21.1. The van der Waals surface area contributed by atoms with Crippen molar-refractivity contribution in [3.63, 3.8) is 0 Å². The molecule has 3 aromatic heterocycles. The first-order valence-electron chi connectivity index (χ1n) is 27.4. The number of rotatable bonds is 8. The number of hydrogen-bond donors (Lipinski definition) is 2. The highest BCUT2D eigenvalue weighted by atomic mass is 19.2. The van der Waals surface area contributed by atoms with Crippen LogP contribution in [0.4, 0.5) is 99.2 Å². The third-order valence-corrected chi connectivity index (χ3v) is 15.6. The van der Waals surface area contributed by atoms with E-state index in [4.69, 9.17) is 0 Å². The Hall–Kier alpha value is -12.4. The summed E-state index contributed by atoms with van der Waals surface area (Å²) in [6.45, 7) is 0. The van der Waals surface area contributed by atoms with Crippen LogP contribution < -0.4 is 0 Å². The lowest BCUT2D eigenvalue weighted by atomic mass is 10.00. The number of benzene rings is 6. The molecule has 0 aliphatic carbocycles. The Morgan fingerprint density at radius 1 is 0.224 bits per heavy atom. The van der Waals surface area contributed by atoms with E-state index in [0.717, 1.165) is 97.1 Å². The minimum Gasteiger partial charge on any atom is -0.354 e. The van der Waals surface area contributed by atoms with Crippen molar-refractivity contribution in [2.45, 2.75) is 0 Å².